The summed E-state index contributed by atoms with van der Waals surface area (Å²) >= 11 is 0. The van der Waals surface area contributed by atoms with Crippen LogP contribution in [0.25, 0.3) is 0 Å². The molecule has 184 valence electrons. The van der Waals surface area contributed by atoms with Crippen LogP contribution in [0.3, 0.4) is 0 Å². The number of rotatable bonds is 8. The lowest BCUT2D eigenvalue weighted by atomic mass is 9.90. The Morgan fingerprint density at radius 2 is 0.818 bits per heavy atom. The van der Waals surface area contributed by atoms with Gasteiger partial charge in [0, 0.05) is 10.6 Å². The molecule has 9 heteroatoms. The SMILES string of the molecule is CC(C)c1c(P(O)O)ccc(S(=O)(=O)c2ccc(P(O)O)c(C(C)C)c2C(C)C)c1C(C)C. The van der Waals surface area contributed by atoms with Gasteiger partial charge in [0.1, 0.15) is 0 Å². The maximum absolute atomic E-state index is 14.2. The molecule has 6 nitrogen and oxygen atoms in total. The highest BCUT2D eigenvalue weighted by Gasteiger charge is 2.33. The molecular weight excluding hydrogens is 478 g/mol. The topological polar surface area (TPSA) is 115 Å². The quantitative estimate of drug-likeness (QED) is 0.374. The third-order valence-corrected chi connectivity index (χ3v) is 9.28. The monoisotopic (exact) mass is 514 g/mol. The normalized spacial score (nSPS) is 12.9. The second-order valence-corrected chi connectivity index (χ2v) is 13.5. The fraction of sp³-hybridized carbons (Fsp3) is 0.500. The summed E-state index contributed by atoms with van der Waals surface area (Å²) in [7, 11) is -8.76. The van der Waals surface area contributed by atoms with Gasteiger partial charge >= 0.3 is 0 Å². The average Bonchev–Trinajstić information content (AvgIpc) is 2.70. The van der Waals surface area contributed by atoms with Crippen molar-refractivity contribution in [3.63, 3.8) is 0 Å². The van der Waals surface area contributed by atoms with Gasteiger partial charge in [-0.25, -0.2) is 8.42 Å². The van der Waals surface area contributed by atoms with E-state index < -0.39 is 26.6 Å². The first-order chi connectivity index (χ1) is 15.1. The van der Waals surface area contributed by atoms with Gasteiger partial charge in [0.2, 0.25) is 9.84 Å². The van der Waals surface area contributed by atoms with Crippen molar-refractivity contribution in [2.45, 2.75) is 88.9 Å². The Hall–Kier alpha value is -0.910. The van der Waals surface area contributed by atoms with E-state index in [4.69, 9.17) is 0 Å². The first-order valence-corrected chi connectivity index (χ1v) is 15.1. The smallest absolute Gasteiger partial charge is 0.207 e. The summed E-state index contributed by atoms with van der Waals surface area (Å²) in [4.78, 5) is 40.3. The van der Waals surface area contributed by atoms with Crippen LogP contribution in [0.15, 0.2) is 34.1 Å². The number of benzene rings is 2. The lowest BCUT2D eigenvalue weighted by molar-refractivity contribution is 0.494. The van der Waals surface area contributed by atoms with Crippen molar-refractivity contribution in [3.8, 4) is 0 Å². The molecule has 2 aromatic rings. The van der Waals surface area contributed by atoms with Crippen molar-refractivity contribution in [1.29, 1.82) is 0 Å². The van der Waals surface area contributed by atoms with Crippen LogP contribution in [0.5, 0.6) is 0 Å². The molecule has 0 aliphatic rings. The standard InChI is InChI=1S/C24H36O6P2S/c1-13(2)21-17(31(25)26)9-11-19(23(21)15(5)6)33(29,30)20-12-10-18(32(27)28)22(14(3)4)24(20)16(7)8/h9-16,25-28H,1-8H3. The molecule has 0 saturated carbocycles. The molecule has 0 radical (unpaired) electrons. The van der Waals surface area contributed by atoms with Crippen LogP contribution >= 0.6 is 16.8 Å². The Bertz CT molecular complexity index is 1020. The summed E-state index contributed by atoms with van der Waals surface area (Å²) in [5.74, 6) is -0.558. The van der Waals surface area contributed by atoms with Crippen molar-refractivity contribution < 1.29 is 28.0 Å². The highest BCUT2D eigenvalue weighted by atomic mass is 32.2. The Balaban J connectivity index is 3.02. The molecule has 2 rings (SSSR count). The van der Waals surface area contributed by atoms with Crippen molar-refractivity contribution >= 4 is 37.2 Å². The zero-order valence-electron chi connectivity index (χ0n) is 20.5. The molecule has 4 N–H and O–H groups in total. The van der Waals surface area contributed by atoms with E-state index in [1.54, 1.807) is 0 Å². The van der Waals surface area contributed by atoms with Crippen molar-refractivity contribution in [3.05, 3.63) is 46.5 Å². The van der Waals surface area contributed by atoms with E-state index in [9.17, 15) is 28.0 Å². The molecule has 0 amide bonds. The molecule has 0 saturated heterocycles. The lowest BCUT2D eigenvalue weighted by Crippen LogP contribution is -2.21. The van der Waals surface area contributed by atoms with Crippen molar-refractivity contribution in [2.24, 2.45) is 0 Å². The first-order valence-electron chi connectivity index (χ1n) is 11.1. The van der Waals surface area contributed by atoms with Gasteiger partial charge in [-0.1, -0.05) is 55.4 Å². The number of sulfone groups is 1. The van der Waals surface area contributed by atoms with E-state index >= 15 is 0 Å². The summed E-state index contributed by atoms with van der Waals surface area (Å²) < 4.78 is 28.3. The predicted molar refractivity (Wildman–Crippen MR) is 137 cm³/mol. The maximum Gasteiger partial charge on any atom is 0.207 e. The van der Waals surface area contributed by atoms with Crippen molar-refractivity contribution in [1.82, 2.24) is 0 Å². The van der Waals surface area contributed by atoms with E-state index in [0.29, 0.717) is 32.9 Å². The van der Waals surface area contributed by atoms with Crippen LogP contribution < -0.4 is 10.6 Å². The fourth-order valence-electron chi connectivity index (χ4n) is 4.55. The van der Waals surface area contributed by atoms with Gasteiger partial charge in [-0.2, -0.15) is 0 Å². The molecule has 0 aliphatic carbocycles. The van der Waals surface area contributed by atoms with E-state index in [-0.39, 0.29) is 33.5 Å². The van der Waals surface area contributed by atoms with Gasteiger partial charge < -0.3 is 19.6 Å². The van der Waals surface area contributed by atoms with Gasteiger partial charge in [-0.05, 0) is 70.2 Å². The maximum atomic E-state index is 14.2. The van der Waals surface area contributed by atoms with Gasteiger partial charge in [-0.3, -0.25) is 0 Å². The van der Waals surface area contributed by atoms with E-state index in [1.165, 1.54) is 24.3 Å². The minimum Gasteiger partial charge on any atom is -0.347 e. The Kier molecular flexibility index (Phi) is 9.26. The summed E-state index contributed by atoms with van der Waals surface area (Å²) in [6.45, 7) is 15.3. The first kappa shape index (κ1) is 28.3. The Morgan fingerprint density at radius 3 is 1.03 bits per heavy atom. The van der Waals surface area contributed by atoms with Crippen LogP contribution in [0.1, 0.15) is 101 Å². The minimum absolute atomic E-state index is 0.109. The van der Waals surface area contributed by atoms with Crippen LogP contribution in [-0.2, 0) is 9.84 Å². The molecule has 0 aromatic heterocycles. The average molecular weight is 515 g/mol. The highest BCUT2D eigenvalue weighted by Crippen LogP contribution is 2.42. The summed E-state index contributed by atoms with van der Waals surface area (Å²) in [5.41, 5.74) is 2.50. The summed E-state index contributed by atoms with van der Waals surface area (Å²) in [6, 6.07) is 5.97. The molecule has 0 heterocycles. The van der Waals surface area contributed by atoms with E-state index in [1.807, 2.05) is 55.4 Å². The predicted octanol–water partition coefficient (Wildman–Crippen LogP) is 4.86. The third kappa shape index (κ3) is 5.51. The zero-order chi connectivity index (χ0) is 25.4. The second kappa shape index (κ2) is 10.8. The van der Waals surface area contributed by atoms with E-state index in [0.717, 1.165) is 0 Å². The van der Waals surface area contributed by atoms with Gasteiger partial charge in [0.05, 0.1) is 9.79 Å². The molecule has 0 aliphatic heterocycles. The second-order valence-electron chi connectivity index (χ2n) is 9.52. The number of hydrogen-bond acceptors (Lipinski definition) is 6. The van der Waals surface area contributed by atoms with Crippen LogP contribution in [0.2, 0.25) is 0 Å². The molecule has 0 atom stereocenters. The molecule has 33 heavy (non-hydrogen) atoms. The molecule has 0 spiro atoms. The van der Waals surface area contributed by atoms with Gasteiger partial charge in [-0.15, -0.1) is 0 Å². The fourth-order valence-corrected chi connectivity index (χ4v) is 8.16. The minimum atomic E-state index is -4.00. The zero-order valence-corrected chi connectivity index (χ0v) is 23.1. The Morgan fingerprint density at radius 1 is 0.545 bits per heavy atom. The largest absolute Gasteiger partial charge is 0.347 e. The third-order valence-electron chi connectivity index (χ3n) is 5.77. The molecule has 0 bridgehead atoms. The highest BCUT2D eigenvalue weighted by molar-refractivity contribution is 7.91. The van der Waals surface area contributed by atoms with E-state index in [2.05, 4.69) is 0 Å². The lowest BCUT2D eigenvalue weighted by Gasteiger charge is -2.27. The van der Waals surface area contributed by atoms with Gasteiger partial charge in [0.15, 0.2) is 16.8 Å². The molecule has 0 unspecified atom stereocenters. The number of hydrogen-bond donors (Lipinski definition) is 4. The van der Waals surface area contributed by atoms with Crippen LogP contribution in [0, 0.1) is 0 Å². The van der Waals surface area contributed by atoms with Crippen LogP contribution in [0.4, 0.5) is 0 Å². The van der Waals surface area contributed by atoms with Crippen molar-refractivity contribution in [2.75, 3.05) is 0 Å². The van der Waals surface area contributed by atoms with Crippen LogP contribution in [-0.4, -0.2) is 28.0 Å². The summed E-state index contributed by atoms with van der Waals surface area (Å²) in [6.07, 6.45) is 0. The molecule has 2 aromatic carbocycles. The Labute approximate surface area is 200 Å². The molecule has 0 fully saturated rings. The molecular formula is C24H36O6P2S. The summed E-state index contributed by atoms with van der Waals surface area (Å²) in [5, 5.41) is 0.743. The van der Waals surface area contributed by atoms with Gasteiger partial charge in [0.25, 0.3) is 0 Å².